The summed E-state index contributed by atoms with van der Waals surface area (Å²) in [7, 11) is 1.80. The zero-order valence-corrected chi connectivity index (χ0v) is 20.8. The van der Waals surface area contributed by atoms with Crippen molar-refractivity contribution in [1.82, 2.24) is 20.0 Å². The number of rotatable bonds is 4. The number of benzene rings is 1. The Hall–Kier alpha value is -1.42. The van der Waals surface area contributed by atoms with Gasteiger partial charge >= 0.3 is 0 Å². The van der Waals surface area contributed by atoms with E-state index in [0.717, 1.165) is 70.1 Å². The van der Waals surface area contributed by atoms with Crippen molar-refractivity contribution in [3.8, 4) is 0 Å². The molecule has 2 aliphatic heterocycles. The summed E-state index contributed by atoms with van der Waals surface area (Å²) in [6, 6.07) is 7.29. The molecule has 2 heterocycles. The number of aliphatic imine (C=N–C) groups is 1. The molecular weight excluding hydrogens is 508 g/mol. The maximum Gasteiger partial charge on any atom is 0.236 e. The van der Waals surface area contributed by atoms with Crippen LogP contribution >= 0.6 is 24.0 Å². The number of likely N-dealkylation sites (tertiary alicyclic amines) is 1. The minimum Gasteiger partial charge on any atom is -0.353 e. The highest BCUT2D eigenvalue weighted by atomic mass is 127. The normalized spacial score (nSPS) is 24.9. The number of amides is 1. The van der Waals surface area contributed by atoms with Gasteiger partial charge in [-0.2, -0.15) is 0 Å². The van der Waals surface area contributed by atoms with Crippen LogP contribution in [0.25, 0.3) is 0 Å². The first-order valence-corrected chi connectivity index (χ1v) is 11.4. The second-order valence-electron chi connectivity index (χ2n) is 8.72. The molecule has 2 saturated heterocycles. The minimum absolute atomic E-state index is 0. The fourth-order valence-electron chi connectivity index (χ4n) is 4.67. The molecule has 1 aromatic rings. The molecule has 0 bridgehead atoms. The molecule has 4 rings (SSSR count). The predicted octanol–water partition coefficient (Wildman–Crippen LogP) is 2.90. The number of guanidine groups is 1. The van der Waals surface area contributed by atoms with E-state index in [9.17, 15) is 9.18 Å². The monoisotopic (exact) mass is 543 g/mol. The summed E-state index contributed by atoms with van der Waals surface area (Å²) in [5.41, 5.74) is 0.794. The Morgan fingerprint density at radius 1 is 1.03 bits per heavy atom. The lowest BCUT2D eigenvalue weighted by molar-refractivity contribution is -0.132. The van der Waals surface area contributed by atoms with E-state index < -0.39 is 0 Å². The number of carbonyl (C=O) groups is 1. The summed E-state index contributed by atoms with van der Waals surface area (Å²) in [4.78, 5) is 23.7. The molecule has 1 amide bonds. The predicted molar refractivity (Wildman–Crippen MR) is 133 cm³/mol. The van der Waals surface area contributed by atoms with Crippen molar-refractivity contribution in [3.63, 3.8) is 0 Å². The van der Waals surface area contributed by atoms with Crippen LogP contribution in [0, 0.1) is 5.82 Å². The van der Waals surface area contributed by atoms with Gasteiger partial charge in [0, 0.05) is 58.3 Å². The molecule has 3 fully saturated rings. The smallest absolute Gasteiger partial charge is 0.236 e. The Labute approximate surface area is 202 Å². The lowest BCUT2D eigenvalue weighted by atomic mass is 10.1. The van der Waals surface area contributed by atoms with E-state index in [4.69, 9.17) is 0 Å². The highest BCUT2D eigenvalue weighted by Crippen LogP contribution is 2.41. The van der Waals surface area contributed by atoms with Crippen LogP contribution in [0.1, 0.15) is 43.6 Å². The van der Waals surface area contributed by atoms with Crippen LogP contribution in [-0.2, 0) is 4.79 Å². The number of hydrogen-bond donors (Lipinski definition) is 1. The number of halogens is 2. The summed E-state index contributed by atoms with van der Waals surface area (Å²) in [6.45, 7) is 5.79. The summed E-state index contributed by atoms with van der Waals surface area (Å²) in [5, 5.41) is 3.52. The molecule has 1 N–H and O–H groups in total. The van der Waals surface area contributed by atoms with Crippen LogP contribution < -0.4 is 5.32 Å². The fourth-order valence-corrected chi connectivity index (χ4v) is 4.67. The zero-order chi connectivity index (χ0) is 20.9. The first-order chi connectivity index (χ1) is 14.7. The molecule has 0 aromatic heterocycles. The molecule has 8 heteroatoms. The average Bonchev–Trinajstić information content (AvgIpc) is 3.56. The standard InChI is InChI=1S/C23H34FN5O.HI/c1-25-23(26-21-16-19(21)18-8-4-5-9-20(18)24)29-14-12-27(13-15-29)17-22(30)28-10-6-2-3-7-11-28;/h4-5,8-9,19,21H,2-3,6-7,10-17H2,1H3,(H,25,26);1H. The van der Waals surface area contributed by atoms with Gasteiger partial charge in [0.2, 0.25) is 5.91 Å². The SMILES string of the molecule is CN=C(NC1CC1c1ccccc1F)N1CCN(CC(=O)N2CCCCCC2)CC1.I. The highest BCUT2D eigenvalue weighted by Gasteiger charge is 2.41. The number of nitrogens with one attached hydrogen (secondary N) is 1. The van der Waals surface area contributed by atoms with E-state index >= 15 is 0 Å². The van der Waals surface area contributed by atoms with E-state index in [2.05, 4.69) is 25.0 Å². The van der Waals surface area contributed by atoms with Gasteiger partial charge in [-0.05, 0) is 30.9 Å². The third kappa shape index (κ3) is 6.31. The molecule has 172 valence electrons. The number of nitrogens with zero attached hydrogens (tertiary/aromatic N) is 4. The maximum absolute atomic E-state index is 14.0. The molecule has 2 unspecified atom stereocenters. The van der Waals surface area contributed by atoms with Crippen molar-refractivity contribution in [2.45, 2.75) is 44.1 Å². The van der Waals surface area contributed by atoms with E-state index in [-0.39, 0.29) is 47.7 Å². The van der Waals surface area contributed by atoms with Gasteiger partial charge in [0.1, 0.15) is 5.82 Å². The Morgan fingerprint density at radius 2 is 1.71 bits per heavy atom. The van der Waals surface area contributed by atoms with Gasteiger partial charge < -0.3 is 15.1 Å². The molecule has 3 aliphatic rings. The van der Waals surface area contributed by atoms with E-state index in [1.54, 1.807) is 13.1 Å². The molecule has 1 aromatic carbocycles. The third-order valence-electron chi connectivity index (χ3n) is 6.61. The molecule has 6 nitrogen and oxygen atoms in total. The molecule has 1 saturated carbocycles. The Kier molecular flexibility index (Phi) is 8.95. The van der Waals surface area contributed by atoms with Crippen molar-refractivity contribution in [2.24, 2.45) is 4.99 Å². The molecule has 0 radical (unpaired) electrons. The van der Waals surface area contributed by atoms with E-state index in [1.807, 2.05) is 12.1 Å². The van der Waals surface area contributed by atoms with Crippen LogP contribution in [-0.4, -0.2) is 85.5 Å². The Bertz CT molecular complexity index is 760. The molecular formula is C23H35FIN5O. The summed E-state index contributed by atoms with van der Waals surface area (Å²) < 4.78 is 14.0. The average molecular weight is 543 g/mol. The van der Waals surface area contributed by atoms with Crippen LogP contribution in [0.15, 0.2) is 29.3 Å². The van der Waals surface area contributed by atoms with Gasteiger partial charge in [0.15, 0.2) is 5.96 Å². The highest BCUT2D eigenvalue weighted by molar-refractivity contribution is 14.0. The summed E-state index contributed by atoms with van der Waals surface area (Å²) in [6.07, 6.45) is 5.69. The largest absolute Gasteiger partial charge is 0.353 e. The summed E-state index contributed by atoms with van der Waals surface area (Å²) >= 11 is 0. The molecule has 2 atom stereocenters. The Balaban J connectivity index is 0.00000272. The van der Waals surface area contributed by atoms with Gasteiger partial charge in [-0.15, -0.1) is 24.0 Å². The zero-order valence-electron chi connectivity index (χ0n) is 18.4. The van der Waals surface area contributed by atoms with Crippen molar-refractivity contribution in [2.75, 3.05) is 52.9 Å². The number of hydrogen-bond acceptors (Lipinski definition) is 3. The Morgan fingerprint density at radius 3 is 2.35 bits per heavy atom. The lowest BCUT2D eigenvalue weighted by Gasteiger charge is -2.37. The van der Waals surface area contributed by atoms with Gasteiger partial charge in [0.25, 0.3) is 0 Å². The topological polar surface area (TPSA) is 51.2 Å². The van der Waals surface area contributed by atoms with Gasteiger partial charge in [-0.1, -0.05) is 31.0 Å². The first-order valence-electron chi connectivity index (χ1n) is 11.4. The minimum atomic E-state index is -0.121. The van der Waals surface area contributed by atoms with Crippen LogP contribution in [0.2, 0.25) is 0 Å². The second kappa shape index (κ2) is 11.4. The fraction of sp³-hybridized carbons (Fsp3) is 0.652. The van der Waals surface area contributed by atoms with Crippen LogP contribution in [0.4, 0.5) is 4.39 Å². The van der Waals surface area contributed by atoms with Crippen LogP contribution in [0.3, 0.4) is 0 Å². The molecule has 31 heavy (non-hydrogen) atoms. The first kappa shape index (κ1) is 24.2. The third-order valence-corrected chi connectivity index (χ3v) is 6.61. The maximum atomic E-state index is 14.0. The lowest BCUT2D eigenvalue weighted by Crippen LogP contribution is -2.54. The van der Waals surface area contributed by atoms with Crippen molar-refractivity contribution in [3.05, 3.63) is 35.6 Å². The second-order valence-corrected chi connectivity index (χ2v) is 8.72. The molecule has 1 aliphatic carbocycles. The van der Waals surface area contributed by atoms with E-state index in [1.165, 1.54) is 18.9 Å². The quantitative estimate of drug-likeness (QED) is 0.361. The van der Waals surface area contributed by atoms with Crippen LogP contribution in [0.5, 0.6) is 0 Å². The molecule has 0 spiro atoms. The van der Waals surface area contributed by atoms with E-state index in [0.29, 0.717) is 6.54 Å². The van der Waals surface area contributed by atoms with Crippen molar-refractivity contribution >= 4 is 35.8 Å². The van der Waals surface area contributed by atoms with Gasteiger partial charge in [-0.25, -0.2) is 4.39 Å². The van der Waals surface area contributed by atoms with Gasteiger partial charge in [-0.3, -0.25) is 14.7 Å². The number of piperazine rings is 1. The van der Waals surface area contributed by atoms with Gasteiger partial charge in [0.05, 0.1) is 6.54 Å². The van der Waals surface area contributed by atoms with Crippen molar-refractivity contribution in [1.29, 1.82) is 0 Å². The number of carbonyl (C=O) groups excluding carboxylic acids is 1. The summed E-state index contributed by atoms with van der Waals surface area (Å²) in [5.74, 6) is 1.26. The van der Waals surface area contributed by atoms with Crippen molar-refractivity contribution < 1.29 is 9.18 Å².